The molecule has 1 amide bonds. The zero-order valence-corrected chi connectivity index (χ0v) is 13.3. The van der Waals surface area contributed by atoms with Crippen LogP contribution >= 0.6 is 11.8 Å². The number of nitrogens with one attached hydrogen (secondary N) is 1. The average molecular weight is 324 g/mol. The van der Waals surface area contributed by atoms with E-state index in [2.05, 4.69) is 33.2 Å². The molecule has 0 saturated heterocycles. The molecule has 0 unspecified atom stereocenters. The minimum atomic E-state index is 0.151. The second-order valence-corrected chi connectivity index (χ2v) is 6.50. The Morgan fingerprint density at radius 1 is 1.22 bits per heavy atom. The van der Waals surface area contributed by atoms with Crippen molar-refractivity contribution >= 4 is 28.8 Å². The van der Waals surface area contributed by atoms with Gasteiger partial charge in [-0.2, -0.15) is 0 Å². The van der Waals surface area contributed by atoms with Gasteiger partial charge in [0.1, 0.15) is 0 Å². The topological polar surface area (TPSA) is 61.9 Å². The van der Waals surface area contributed by atoms with Crippen LogP contribution in [-0.4, -0.2) is 38.1 Å². The Labute approximate surface area is 138 Å². The first-order valence-corrected chi connectivity index (χ1v) is 8.56. The summed E-state index contributed by atoms with van der Waals surface area (Å²) >= 11 is 1.43. The molecule has 1 aliphatic heterocycles. The molecule has 0 bridgehead atoms. The Kier molecular flexibility index (Phi) is 3.75. The monoisotopic (exact) mass is 324 g/mol. The summed E-state index contributed by atoms with van der Waals surface area (Å²) in [5.74, 6) is 0.542. The first kappa shape index (κ1) is 14.3. The van der Waals surface area contributed by atoms with Crippen molar-refractivity contribution in [2.24, 2.45) is 0 Å². The predicted octanol–water partition coefficient (Wildman–Crippen LogP) is 2.63. The molecule has 0 saturated carbocycles. The molecule has 0 atom stereocenters. The van der Waals surface area contributed by atoms with Gasteiger partial charge in [-0.15, -0.1) is 0 Å². The summed E-state index contributed by atoms with van der Waals surface area (Å²) < 4.78 is 0. The smallest absolute Gasteiger partial charge is 0.233 e. The van der Waals surface area contributed by atoms with E-state index in [1.807, 2.05) is 23.1 Å². The molecule has 0 radical (unpaired) electrons. The van der Waals surface area contributed by atoms with Gasteiger partial charge in [0.2, 0.25) is 5.91 Å². The maximum absolute atomic E-state index is 12.4. The molecule has 116 valence electrons. The Bertz CT molecular complexity index is 827. The van der Waals surface area contributed by atoms with E-state index in [0.29, 0.717) is 17.9 Å². The lowest BCUT2D eigenvalue weighted by Crippen LogP contribution is -2.37. The SMILES string of the molecule is O=C(CSc1nc2ncccc2[nH]1)N1CCc2ccccc2C1. The second kappa shape index (κ2) is 6.04. The number of carbonyl (C=O) groups is 1. The number of aromatic amines is 1. The number of pyridine rings is 1. The summed E-state index contributed by atoms with van der Waals surface area (Å²) in [6.07, 6.45) is 2.65. The van der Waals surface area contributed by atoms with Crippen molar-refractivity contribution in [2.45, 2.75) is 18.1 Å². The van der Waals surface area contributed by atoms with Gasteiger partial charge in [0.15, 0.2) is 10.8 Å². The lowest BCUT2D eigenvalue weighted by atomic mass is 10.00. The van der Waals surface area contributed by atoms with E-state index in [9.17, 15) is 4.79 Å². The van der Waals surface area contributed by atoms with Gasteiger partial charge in [0, 0.05) is 19.3 Å². The van der Waals surface area contributed by atoms with Gasteiger partial charge in [-0.25, -0.2) is 9.97 Å². The van der Waals surface area contributed by atoms with Gasteiger partial charge in [-0.3, -0.25) is 4.79 Å². The minimum absolute atomic E-state index is 0.151. The average Bonchev–Trinajstić information content (AvgIpc) is 3.02. The number of rotatable bonds is 3. The van der Waals surface area contributed by atoms with Crippen LogP contribution in [0, 0.1) is 0 Å². The highest BCUT2D eigenvalue weighted by atomic mass is 32.2. The zero-order chi connectivity index (χ0) is 15.6. The maximum Gasteiger partial charge on any atom is 0.233 e. The molecular weight excluding hydrogens is 308 g/mol. The molecule has 0 spiro atoms. The molecular formula is C17H16N4OS. The third-order valence-electron chi connectivity index (χ3n) is 4.05. The predicted molar refractivity (Wildman–Crippen MR) is 90.2 cm³/mol. The molecule has 3 heterocycles. The number of H-pyrrole nitrogens is 1. The fraction of sp³-hybridized carbons (Fsp3) is 0.235. The Morgan fingerprint density at radius 3 is 2.96 bits per heavy atom. The fourth-order valence-corrected chi connectivity index (χ4v) is 3.60. The normalized spacial score (nSPS) is 14.0. The van der Waals surface area contributed by atoms with Crippen LogP contribution in [0.25, 0.3) is 11.2 Å². The molecule has 1 N–H and O–H groups in total. The molecule has 0 fully saturated rings. The van der Waals surface area contributed by atoms with Crippen molar-refractivity contribution < 1.29 is 4.79 Å². The standard InChI is InChI=1S/C17H16N4OS/c22-15(21-9-7-12-4-1-2-5-13(12)10-21)11-23-17-19-14-6-3-8-18-16(14)20-17/h1-6,8H,7,9-11H2,(H,18,19,20). The zero-order valence-electron chi connectivity index (χ0n) is 12.5. The van der Waals surface area contributed by atoms with Crippen LogP contribution in [0.1, 0.15) is 11.1 Å². The molecule has 4 rings (SSSR count). The van der Waals surface area contributed by atoms with Crippen LogP contribution in [0.4, 0.5) is 0 Å². The lowest BCUT2D eigenvalue weighted by molar-refractivity contribution is -0.129. The number of hydrogen-bond acceptors (Lipinski definition) is 4. The number of nitrogens with zero attached hydrogens (tertiary/aromatic N) is 3. The summed E-state index contributed by atoms with van der Waals surface area (Å²) in [5, 5.41) is 0.740. The first-order chi connectivity index (χ1) is 11.3. The molecule has 3 aromatic rings. The molecule has 23 heavy (non-hydrogen) atoms. The Balaban J connectivity index is 1.40. The maximum atomic E-state index is 12.4. The summed E-state index contributed by atoms with van der Waals surface area (Å²) in [6.45, 7) is 1.50. The number of hydrogen-bond donors (Lipinski definition) is 1. The number of aromatic nitrogens is 3. The van der Waals surface area contributed by atoms with Gasteiger partial charge in [0.05, 0.1) is 11.3 Å². The summed E-state index contributed by atoms with van der Waals surface area (Å²) in [6, 6.07) is 12.1. The first-order valence-electron chi connectivity index (χ1n) is 7.58. The molecule has 1 aliphatic rings. The highest BCUT2D eigenvalue weighted by Gasteiger charge is 2.20. The van der Waals surface area contributed by atoms with E-state index in [0.717, 1.165) is 23.6 Å². The molecule has 6 heteroatoms. The van der Waals surface area contributed by atoms with E-state index in [1.165, 1.54) is 22.9 Å². The van der Waals surface area contributed by atoms with E-state index in [4.69, 9.17) is 0 Å². The van der Waals surface area contributed by atoms with Crippen LogP contribution in [0.5, 0.6) is 0 Å². The largest absolute Gasteiger partial charge is 0.337 e. The summed E-state index contributed by atoms with van der Waals surface area (Å²) in [4.78, 5) is 26.1. The Hall–Kier alpha value is -2.34. The van der Waals surface area contributed by atoms with E-state index >= 15 is 0 Å². The van der Waals surface area contributed by atoms with E-state index < -0.39 is 0 Å². The summed E-state index contributed by atoms with van der Waals surface area (Å²) in [7, 11) is 0. The van der Waals surface area contributed by atoms with Crippen molar-refractivity contribution in [3.8, 4) is 0 Å². The number of thioether (sulfide) groups is 1. The second-order valence-electron chi connectivity index (χ2n) is 5.54. The van der Waals surface area contributed by atoms with Gasteiger partial charge in [-0.1, -0.05) is 36.0 Å². The van der Waals surface area contributed by atoms with Crippen LogP contribution in [0.15, 0.2) is 47.8 Å². The number of fused-ring (bicyclic) bond motifs is 2. The van der Waals surface area contributed by atoms with Crippen molar-refractivity contribution in [2.75, 3.05) is 12.3 Å². The van der Waals surface area contributed by atoms with Crippen LogP contribution in [-0.2, 0) is 17.8 Å². The Morgan fingerprint density at radius 2 is 2.09 bits per heavy atom. The van der Waals surface area contributed by atoms with Gasteiger partial charge >= 0.3 is 0 Å². The number of benzene rings is 1. The van der Waals surface area contributed by atoms with Crippen molar-refractivity contribution in [3.05, 3.63) is 53.7 Å². The van der Waals surface area contributed by atoms with E-state index in [1.54, 1.807) is 6.20 Å². The molecule has 1 aromatic carbocycles. The number of amides is 1. The highest BCUT2D eigenvalue weighted by Crippen LogP contribution is 2.22. The third-order valence-corrected chi connectivity index (χ3v) is 4.91. The molecule has 2 aromatic heterocycles. The third kappa shape index (κ3) is 2.94. The highest BCUT2D eigenvalue weighted by molar-refractivity contribution is 7.99. The van der Waals surface area contributed by atoms with Crippen molar-refractivity contribution in [1.29, 1.82) is 0 Å². The van der Waals surface area contributed by atoms with E-state index in [-0.39, 0.29) is 5.91 Å². The van der Waals surface area contributed by atoms with Gasteiger partial charge in [-0.05, 0) is 29.7 Å². The fourth-order valence-electron chi connectivity index (χ4n) is 2.82. The van der Waals surface area contributed by atoms with Crippen LogP contribution in [0.3, 0.4) is 0 Å². The van der Waals surface area contributed by atoms with Crippen LogP contribution in [0.2, 0.25) is 0 Å². The van der Waals surface area contributed by atoms with Crippen molar-refractivity contribution in [3.63, 3.8) is 0 Å². The minimum Gasteiger partial charge on any atom is -0.337 e. The van der Waals surface area contributed by atoms with Gasteiger partial charge in [0.25, 0.3) is 0 Å². The van der Waals surface area contributed by atoms with Crippen LogP contribution < -0.4 is 0 Å². The molecule has 5 nitrogen and oxygen atoms in total. The number of imidazole rings is 1. The molecule has 0 aliphatic carbocycles. The van der Waals surface area contributed by atoms with Crippen molar-refractivity contribution in [1.82, 2.24) is 19.9 Å². The summed E-state index contributed by atoms with van der Waals surface area (Å²) in [5.41, 5.74) is 4.20. The van der Waals surface area contributed by atoms with Gasteiger partial charge < -0.3 is 9.88 Å². The number of carbonyl (C=O) groups excluding carboxylic acids is 1. The quantitative estimate of drug-likeness (QED) is 0.752. The lowest BCUT2D eigenvalue weighted by Gasteiger charge is -2.28.